The second kappa shape index (κ2) is 8.11. The molecule has 126 valence electrons. The van der Waals surface area contributed by atoms with E-state index in [0.29, 0.717) is 6.42 Å². The number of benzene rings is 2. The second-order valence-electron chi connectivity index (χ2n) is 6.49. The van der Waals surface area contributed by atoms with Crippen molar-refractivity contribution in [3.05, 3.63) is 71.3 Å². The first-order valence-electron chi connectivity index (χ1n) is 8.86. The summed E-state index contributed by atoms with van der Waals surface area (Å²) in [7, 11) is 0. The zero-order valence-corrected chi connectivity index (χ0v) is 14.4. The number of amides is 1. The van der Waals surface area contributed by atoms with Gasteiger partial charge < -0.3 is 4.90 Å². The van der Waals surface area contributed by atoms with Crippen molar-refractivity contribution in [2.24, 2.45) is 0 Å². The number of rotatable bonds is 5. The van der Waals surface area contributed by atoms with E-state index < -0.39 is 0 Å². The molecule has 0 aliphatic carbocycles. The molecule has 0 unspecified atom stereocenters. The van der Waals surface area contributed by atoms with Crippen molar-refractivity contribution in [1.29, 1.82) is 0 Å². The number of carbonyl (C=O) groups excluding carboxylic acids is 1. The predicted octanol–water partition coefficient (Wildman–Crippen LogP) is 3.14. The van der Waals surface area contributed by atoms with Gasteiger partial charge in [-0.2, -0.15) is 0 Å². The summed E-state index contributed by atoms with van der Waals surface area (Å²) in [6.45, 7) is 6.69. The van der Waals surface area contributed by atoms with E-state index in [1.165, 1.54) is 11.1 Å². The Labute approximate surface area is 144 Å². The van der Waals surface area contributed by atoms with Crippen LogP contribution in [0.1, 0.15) is 23.6 Å². The van der Waals surface area contributed by atoms with Crippen molar-refractivity contribution < 1.29 is 4.79 Å². The maximum Gasteiger partial charge on any atom is 0.227 e. The molecule has 0 spiro atoms. The first-order chi connectivity index (χ1) is 11.7. The summed E-state index contributed by atoms with van der Waals surface area (Å²) < 4.78 is 0. The molecule has 1 amide bonds. The summed E-state index contributed by atoms with van der Waals surface area (Å²) in [5.74, 6) is 0.249. The Balaban J connectivity index is 1.47. The number of carbonyl (C=O) groups is 1. The van der Waals surface area contributed by atoms with Crippen molar-refractivity contribution in [2.45, 2.75) is 26.3 Å². The highest BCUT2D eigenvalue weighted by atomic mass is 16.2. The summed E-state index contributed by atoms with van der Waals surface area (Å²) >= 11 is 0. The molecule has 1 saturated heterocycles. The average molecular weight is 322 g/mol. The largest absolute Gasteiger partial charge is 0.340 e. The Kier molecular flexibility index (Phi) is 5.65. The lowest BCUT2D eigenvalue weighted by Crippen LogP contribution is -2.48. The molecule has 1 heterocycles. The molecule has 0 atom stereocenters. The molecule has 1 aliphatic rings. The lowest BCUT2D eigenvalue weighted by atomic mass is 10.1. The first kappa shape index (κ1) is 16.7. The molecule has 2 aromatic rings. The zero-order valence-electron chi connectivity index (χ0n) is 14.4. The van der Waals surface area contributed by atoms with Gasteiger partial charge in [-0.05, 0) is 23.1 Å². The van der Waals surface area contributed by atoms with E-state index in [0.717, 1.165) is 44.7 Å². The van der Waals surface area contributed by atoms with Crippen LogP contribution in [-0.4, -0.2) is 41.9 Å². The van der Waals surface area contributed by atoms with E-state index >= 15 is 0 Å². The molecule has 2 aromatic carbocycles. The Hall–Kier alpha value is -2.13. The van der Waals surface area contributed by atoms with E-state index in [-0.39, 0.29) is 5.91 Å². The summed E-state index contributed by atoms with van der Waals surface area (Å²) in [5, 5.41) is 0. The van der Waals surface area contributed by atoms with Gasteiger partial charge >= 0.3 is 0 Å². The maximum atomic E-state index is 12.5. The normalized spacial score (nSPS) is 15.5. The highest BCUT2D eigenvalue weighted by Gasteiger charge is 2.21. The van der Waals surface area contributed by atoms with Crippen LogP contribution >= 0.6 is 0 Å². The van der Waals surface area contributed by atoms with Crippen LogP contribution in [0.5, 0.6) is 0 Å². The van der Waals surface area contributed by atoms with Gasteiger partial charge in [-0.3, -0.25) is 9.69 Å². The van der Waals surface area contributed by atoms with Gasteiger partial charge in [-0.1, -0.05) is 61.5 Å². The predicted molar refractivity (Wildman–Crippen MR) is 97.8 cm³/mol. The fraction of sp³-hybridized carbons (Fsp3) is 0.381. The van der Waals surface area contributed by atoms with E-state index in [9.17, 15) is 4.79 Å². The third-order valence-corrected chi connectivity index (χ3v) is 4.76. The van der Waals surface area contributed by atoms with Gasteiger partial charge in [-0.25, -0.2) is 0 Å². The number of hydrogen-bond acceptors (Lipinski definition) is 2. The maximum absolute atomic E-state index is 12.5. The quantitative estimate of drug-likeness (QED) is 0.844. The number of aryl methyl sites for hydroxylation is 1. The summed E-state index contributed by atoms with van der Waals surface area (Å²) in [6, 6.07) is 19.0. The van der Waals surface area contributed by atoms with Crippen LogP contribution in [0.4, 0.5) is 0 Å². The molecule has 1 aliphatic heterocycles. The van der Waals surface area contributed by atoms with Gasteiger partial charge in [0.2, 0.25) is 5.91 Å². The van der Waals surface area contributed by atoms with Crippen molar-refractivity contribution in [3.63, 3.8) is 0 Å². The minimum absolute atomic E-state index is 0.249. The molecular formula is C21H26N2O. The van der Waals surface area contributed by atoms with Crippen LogP contribution in [-0.2, 0) is 24.2 Å². The van der Waals surface area contributed by atoms with Gasteiger partial charge in [0, 0.05) is 32.7 Å². The van der Waals surface area contributed by atoms with Crippen molar-refractivity contribution in [3.8, 4) is 0 Å². The van der Waals surface area contributed by atoms with E-state index in [1.54, 1.807) is 0 Å². The average Bonchev–Trinajstić information content (AvgIpc) is 2.64. The van der Waals surface area contributed by atoms with Gasteiger partial charge in [0.25, 0.3) is 0 Å². The van der Waals surface area contributed by atoms with Crippen LogP contribution in [0, 0.1) is 0 Å². The molecule has 0 bridgehead atoms. The fourth-order valence-electron chi connectivity index (χ4n) is 3.18. The molecule has 1 fully saturated rings. The zero-order chi connectivity index (χ0) is 16.8. The highest BCUT2D eigenvalue weighted by Crippen LogP contribution is 2.11. The molecule has 3 nitrogen and oxygen atoms in total. The van der Waals surface area contributed by atoms with Crippen LogP contribution < -0.4 is 0 Å². The van der Waals surface area contributed by atoms with Crippen molar-refractivity contribution in [2.75, 3.05) is 26.2 Å². The van der Waals surface area contributed by atoms with Gasteiger partial charge in [0.05, 0.1) is 6.42 Å². The van der Waals surface area contributed by atoms with Gasteiger partial charge in [0.1, 0.15) is 0 Å². The van der Waals surface area contributed by atoms with Gasteiger partial charge in [-0.15, -0.1) is 0 Å². The molecule has 24 heavy (non-hydrogen) atoms. The van der Waals surface area contributed by atoms with Crippen molar-refractivity contribution >= 4 is 5.91 Å². The van der Waals surface area contributed by atoms with Crippen LogP contribution in [0.15, 0.2) is 54.6 Å². The molecule has 3 heteroatoms. The van der Waals surface area contributed by atoms with E-state index in [1.807, 2.05) is 11.0 Å². The highest BCUT2D eigenvalue weighted by molar-refractivity contribution is 5.78. The lowest BCUT2D eigenvalue weighted by Gasteiger charge is -2.34. The summed E-state index contributed by atoms with van der Waals surface area (Å²) in [5.41, 5.74) is 3.78. The van der Waals surface area contributed by atoms with Crippen LogP contribution in [0.2, 0.25) is 0 Å². The van der Waals surface area contributed by atoms with Gasteiger partial charge in [0.15, 0.2) is 0 Å². The lowest BCUT2D eigenvalue weighted by molar-refractivity contribution is -0.132. The van der Waals surface area contributed by atoms with E-state index in [4.69, 9.17) is 0 Å². The molecule has 0 radical (unpaired) electrons. The molecule has 0 saturated carbocycles. The third-order valence-electron chi connectivity index (χ3n) is 4.76. The minimum Gasteiger partial charge on any atom is -0.340 e. The Morgan fingerprint density at radius 2 is 1.46 bits per heavy atom. The third kappa shape index (κ3) is 4.45. The van der Waals surface area contributed by atoms with Crippen LogP contribution in [0.25, 0.3) is 0 Å². The van der Waals surface area contributed by atoms with E-state index in [2.05, 4.69) is 60.4 Å². The second-order valence-corrected chi connectivity index (χ2v) is 6.49. The van der Waals surface area contributed by atoms with Crippen LogP contribution in [0.3, 0.4) is 0 Å². The topological polar surface area (TPSA) is 23.6 Å². The Morgan fingerprint density at radius 3 is 2.08 bits per heavy atom. The standard InChI is InChI=1S/C21H26N2O/c1-2-18-8-10-19(11-9-18)16-21(24)23-14-12-22(13-15-23)17-20-6-4-3-5-7-20/h3-11H,2,12-17H2,1H3. The number of nitrogens with zero attached hydrogens (tertiary/aromatic N) is 2. The summed E-state index contributed by atoms with van der Waals surface area (Å²) in [4.78, 5) is 16.9. The molecule has 0 N–H and O–H groups in total. The summed E-state index contributed by atoms with van der Waals surface area (Å²) in [6.07, 6.45) is 1.56. The minimum atomic E-state index is 0.249. The smallest absolute Gasteiger partial charge is 0.227 e. The number of hydrogen-bond donors (Lipinski definition) is 0. The van der Waals surface area contributed by atoms with Crippen molar-refractivity contribution in [1.82, 2.24) is 9.80 Å². The monoisotopic (exact) mass is 322 g/mol. The molecule has 3 rings (SSSR count). The molecule has 0 aromatic heterocycles. The number of piperazine rings is 1. The fourth-order valence-corrected chi connectivity index (χ4v) is 3.18. The Morgan fingerprint density at radius 1 is 0.833 bits per heavy atom. The first-order valence-corrected chi connectivity index (χ1v) is 8.86. The molecular weight excluding hydrogens is 296 g/mol. The Bertz CT molecular complexity index is 643. The SMILES string of the molecule is CCc1ccc(CC(=O)N2CCN(Cc3ccccc3)CC2)cc1.